The van der Waals surface area contributed by atoms with Gasteiger partial charge in [0, 0.05) is 24.3 Å². The zero-order valence-electron chi connectivity index (χ0n) is 23.4. The number of fused-ring (bicyclic) bond motifs is 4. The van der Waals surface area contributed by atoms with Crippen molar-refractivity contribution in [3.05, 3.63) is 71.0 Å². The quantitative estimate of drug-likeness (QED) is 0.173. The van der Waals surface area contributed by atoms with Gasteiger partial charge in [0.2, 0.25) is 0 Å². The summed E-state index contributed by atoms with van der Waals surface area (Å²) in [7, 11) is 0. The molecule has 216 valence electrons. The number of rotatable bonds is 6. The number of hydrogen-bond acceptors (Lipinski definition) is 10. The Kier molecular flexibility index (Phi) is 5.23. The second-order valence-corrected chi connectivity index (χ2v) is 11.8. The van der Waals surface area contributed by atoms with Crippen molar-refractivity contribution in [3.63, 3.8) is 0 Å². The minimum Gasteiger partial charge on any atom is -0.489 e. The topological polar surface area (TPSA) is 115 Å². The summed E-state index contributed by atoms with van der Waals surface area (Å²) in [5.41, 5.74) is 0.845. The van der Waals surface area contributed by atoms with Crippen LogP contribution in [-0.4, -0.2) is 42.6 Å². The van der Waals surface area contributed by atoms with Crippen LogP contribution in [0.4, 0.5) is 0 Å². The first kappa shape index (κ1) is 25.5. The third kappa shape index (κ3) is 4.01. The Morgan fingerprint density at radius 2 is 1.40 bits per heavy atom. The first-order valence-corrected chi connectivity index (χ1v) is 13.8. The molecule has 3 atom stereocenters. The van der Waals surface area contributed by atoms with E-state index >= 15 is 0 Å². The van der Waals surface area contributed by atoms with Crippen molar-refractivity contribution in [2.45, 2.75) is 57.1 Å². The van der Waals surface area contributed by atoms with Gasteiger partial charge in [-0.25, -0.2) is 4.79 Å². The minimum atomic E-state index is -1.49. The molecule has 3 aromatic heterocycles. The summed E-state index contributed by atoms with van der Waals surface area (Å²) in [5.74, 6) is 0.195. The third-order valence-corrected chi connectivity index (χ3v) is 8.14. The van der Waals surface area contributed by atoms with Crippen LogP contribution in [0.2, 0.25) is 0 Å². The average molecular weight is 573 g/mol. The van der Waals surface area contributed by atoms with Gasteiger partial charge in [0.15, 0.2) is 0 Å². The number of epoxide rings is 1. The highest BCUT2D eigenvalue weighted by Gasteiger charge is 2.55. The molecule has 5 aromatic rings. The lowest BCUT2D eigenvalue weighted by atomic mass is 10.0. The van der Waals surface area contributed by atoms with Gasteiger partial charge in [-0.1, -0.05) is 0 Å². The maximum atomic E-state index is 11.8. The summed E-state index contributed by atoms with van der Waals surface area (Å²) in [6, 6.07) is 10.2. The zero-order valence-corrected chi connectivity index (χ0v) is 23.4. The Hall–Kier alpha value is -4.25. The molecule has 1 unspecified atom stereocenters. The highest BCUT2D eigenvalue weighted by molar-refractivity contribution is 6.01. The van der Waals surface area contributed by atoms with Crippen molar-refractivity contribution >= 4 is 39.0 Å². The Bertz CT molecular complexity index is 1960. The van der Waals surface area contributed by atoms with Gasteiger partial charge >= 0.3 is 11.6 Å². The highest BCUT2D eigenvalue weighted by Crippen LogP contribution is 2.48. The molecule has 0 amide bonds. The first-order valence-electron chi connectivity index (χ1n) is 13.8. The maximum Gasteiger partial charge on any atom is 0.350 e. The molecule has 0 aliphatic carbocycles. The lowest BCUT2D eigenvalue weighted by Gasteiger charge is -2.30. The molecule has 10 nitrogen and oxygen atoms in total. The molecule has 8 rings (SSSR count). The highest BCUT2D eigenvalue weighted by atomic mass is 16.9. The molecule has 2 aromatic carbocycles. The Morgan fingerprint density at radius 3 is 2.14 bits per heavy atom. The molecule has 3 aliphatic rings. The van der Waals surface area contributed by atoms with Crippen molar-refractivity contribution in [3.8, 4) is 17.2 Å². The van der Waals surface area contributed by atoms with Gasteiger partial charge in [0.25, 0.3) is 0 Å². The molecule has 0 N–H and O–H groups in total. The molecular weight excluding hydrogens is 544 g/mol. The van der Waals surface area contributed by atoms with Crippen LogP contribution in [0.25, 0.3) is 39.0 Å². The number of ether oxygens (including phenoxy) is 6. The van der Waals surface area contributed by atoms with Gasteiger partial charge in [0.05, 0.1) is 45.5 Å². The molecule has 10 heteroatoms. The van der Waals surface area contributed by atoms with Crippen molar-refractivity contribution in [2.75, 3.05) is 13.2 Å². The van der Waals surface area contributed by atoms with Crippen LogP contribution in [0.15, 0.2) is 73.0 Å². The van der Waals surface area contributed by atoms with Crippen LogP contribution in [0, 0.1) is 0 Å². The molecule has 6 heterocycles. The summed E-state index contributed by atoms with van der Waals surface area (Å²) < 4.78 is 54.2. The van der Waals surface area contributed by atoms with E-state index in [2.05, 4.69) is 0 Å². The molecule has 3 aliphatic heterocycles. The Morgan fingerprint density at radius 1 is 0.762 bits per heavy atom. The van der Waals surface area contributed by atoms with E-state index < -0.39 is 23.3 Å². The molecular formula is C32H28O10. The van der Waals surface area contributed by atoms with Crippen molar-refractivity contribution in [1.29, 1.82) is 0 Å². The van der Waals surface area contributed by atoms with Crippen LogP contribution in [0.1, 0.15) is 33.3 Å². The molecule has 0 saturated carbocycles. The fourth-order valence-corrected chi connectivity index (χ4v) is 5.65. The lowest BCUT2D eigenvalue weighted by molar-refractivity contribution is -0.271. The summed E-state index contributed by atoms with van der Waals surface area (Å²) in [5, 5.41) is 2.24. The standard InChI is InChI=1S/C32H28O10/c1-30(2)25(40-30)15-36-29-18-7-10-32(39-24(18)14-22-20(29)9-12-35-22)41-26(31(3,4)42-32)16-37-28-17-5-6-27(33)38-23(17)13-21-19(28)8-11-34-21/h5-14,25-26H,15-16H2,1-4H3/t25?,26-,32+/m1/s1. The average Bonchev–Trinajstić information content (AvgIpc) is 3.35. The van der Waals surface area contributed by atoms with E-state index in [9.17, 15) is 4.79 Å². The molecule has 2 fully saturated rings. The van der Waals surface area contributed by atoms with Gasteiger partial charge < -0.3 is 41.7 Å². The van der Waals surface area contributed by atoms with E-state index in [-0.39, 0.29) is 18.3 Å². The lowest BCUT2D eigenvalue weighted by Crippen LogP contribution is -2.39. The predicted octanol–water partition coefficient (Wildman–Crippen LogP) is 6.17. The van der Waals surface area contributed by atoms with Crippen LogP contribution < -0.4 is 19.8 Å². The fourth-order valence-electron chi connectivity index (χ4n) is 5.65. The van der Waals surface area contributed by atoms with E-state index in [0.29, 0.717) is 46.0 Å². The summed E-state index contributed by atoms with van der Waals surface area (Å²) in [6.45, 7) is 8.44. The van der Waals surface area contributed by atoms with Gasteiger partial charge in [-0.15, -0.1) is 0 Å². The van der Waals surface area contributed by atoms with Gasteiger partial charge in [-0.3, -0.25) is 0 Å². The zero-order chi connectivity index (χ0) is 28.9. The van der Waals surface area contributed by atoms with Gasteiger partial charge in [0.1, 0.15) is 59.4 Å². The molecule has 2 saturated heterocycles. The van der Waals surface area contributed by atoms with E-state index in [1.165, 1.54) is 6.07 Å². The molecule has 0 radical (unpaired) electrons. The summed E-state index contributed by atoms with van der Waals surface area (Å²) >= 11 is 0. The molecule has 0 bridgehead atoms. The number of furan rings is 2. The second-order valence-electron chi connectivity index (χ2n) is 11.8. The SMILES string of the molecule is CC1(C)OC1COc1c2c(cc3occc13)O[C@@]1(C=C2)O[C@H](COc2c3ccoc3cc3oc(=O)ccc23)C(C)(C)O1. The van der Waals surface area contributed by atoms with Gasteiger partial charge in [-0.05, 0) is 52.0 Å². The normalized spacial score (nSPS) is 25.2. The van der Waals surface area contributed by atoms with Gasteiger partial charge in [-0.2, -0.15) is 0 Å². The van der Waals surface area contributed by atoms with E-state index in [1.54, 1.807) is 30.7 Å². The van der Waals surface area contributed by atoms with E-state index in [0.717, 1.165) is 16.3 Å². The van der Waals surface area contributed by atoms with Crippen LogP contribution >= 0.6 is 0 Å². The van der Waals surface area contributed by atoms with Crippen molar-refractivity contribution in [1.82, 2.24) is 0 Å². The van der Waals surface area contributed by atoms with Crippen LogP contribution in [0.3, 0.4) is 0 Å². The smallest absolute Gasteiger partial charge is 0.350 e. The van der Waals surface area contributed by atoms with E-state index in [1.807, 2.05) is 52.0 Å². The first-order chi connectivity index (χ1) is 20.1. The van der Waals surface area contributed by atoms with Crippen LogP contribution in [-0.2, 0) is 14.2 Å². The molecule has 42 heavy (non-hydrogen) atoms. The molecule has 1 spiro atoms. The van der Waals surface area contributed by atoms with Crippen molar-refractivity contribution in [2.24, 2.45) is 0 Å². The third-order valence-electron chi connectivity index (χ3n) is 8.14. The number of hydrogen-bond donors (Lipinski definition) is 0. The van der Waals surface area contributed by atoms with E-state index in [4.69, 9.17) is 41.7 Å². The second kappa shape index (κ2) is 8.64. The predicted molar refractivity (Wildman–Crippen MR) is 151 cm³/mol. The summed E-state index contributed by atoms with van der Waals surface area (Å²) in [6.07, 6.45) is 6.30. The number of benzene rings is 2. The maximum absolute atomic E-state index is 11.8. The summed E-state index contributed by atoms with van der Waals surface area (Å²) in [4.78, 5) is 11.8. The van der Waals surface area contributed by atoms with Crippen LogP contribution in [0.5, 0.6) is 17.2 Å². The monoisotopic (exact) mass is 572 g/mol. The minimum absolute atomic E-state index is 0.0132. The fraction of sp³-hybridized carbons (Fsp3) is 0.344. The Balaban J connectivity index is 1.08. The Labute approximate surface area is 239 Å². The van der Waals surface area contributed by atoms with Crippen molar-refractivity contribution < 1.29 is 41.7 Å². The largest absolute Gasteiger partial charge is 0.489 e.